The van der Waals surface area contributed by atoms with Crippen LogP contribution in [0.4, 0.5) is 0 Å². The van der Waals surface area contributed by atoms with Crippen LogP contribution in [-0.2, 0) is 26.5 Å². The molecule has 8 heteroatoms. The van der Waals surface area contributed by atoms with Crippen LogP contribution in [-0.4, -0.2) is 35.2 Å². The van der Waals surface area contributed by atoms with Crippen LogP contribution < -0.4 is 9.44 Å². The molecule has 1 atom stereocenters. The molecule has 1 fully saturated rings. The zero-order chi connectivity index (χ0) is 22.4. The summed E-state index contributed by atoms with van der Waals surface area (Å²) in [6.45, 7) is 9.69. The summed E-state index contributed by atoms with van der Waals surface area (Å²) >= 11 is 0. The molecule has 2 N–H and O–H groups in total. The van der Waals surface area contributed by atoms with Gasteiger partial charge in [-0.05, 0) is 74.8 Å². The van der Waals surface area contributed by atoms with Gasteiger partial charge in [-0.15, -0.1) is 0 Å². The minimum atomic E-state index is -3.37. The van der Waals surface area contributed by atoms with Gasteiger partial charge in [-0.25, -0.2) is 26.3 Å². The van der Waals surface area contributed by atoms with Crippen LogP contribution in [0.1, 0.15) is 63.5 Å². The molecule has 0 spiro atoms. The van der Waals surface area contributed by atoms with Crippen LogP contribution >= 0.6 is 0 Å². The molecule has 1 aliphatic carbocycles. The predicted molar refractivity (Wildman–Crippen MR) is 123 cm³/mol. The van der Waals surface area contributed by atoms with E-state index in [1.165, 1.54) is 5.56 Å². The lowest BCUT2D eigenvalue weighted by atomic mass is 9.74. The quantitative estimate of drug-likeness (QED) is 0.533. The first kappa shape index (κ1) is 25.0. The topological polar surface area (TPSA) is 92.3 Å². The molecule has 0 heterocycles. The summed E-state index contributed by atoms with van der Waals surface area (Å²) in [4.78, 5) is 0. The molecule has 1 aromatic carbocycles. The van der Waals surface area contributed by atoms with E-state index < -0.39 is 25.3 Å². The fourth-order valence-electron chi connectivity index (χ4n) is 3.96. The van der Waals surface area contributed by atoms with Crippen LogP contribution in [0.5, 0.6) is 0 Å². The Labute approximate surface area is 182 Å². The normalized spacial score (nSPS) is 21.5. The van der Waals surface area contributed by atoms with Crippen molar-refractivity contribution in [1.29, 1.82) is 0 Å². The Morgan fingerprint density at radius 2 is 1.60 bits per heavy atom. The molecular weight excluding hydrogens is 420 g/mol. The third-order valence-electron chi connectivity index (χ3n) is 6.19. The van der Waals surface area contributed by atoms with E-state index in [2.05, 4.69) is 47.2 Å². The lowest BCUT2D eigenvalue weighted by molar-refractivity contribution is 0.246. The summed E-state index contributed by atoms with van der Waals surface area (Å²) in [5.41, 5.74) is 2.43. The third-order valence-corrected chi connectivity index (χ3v) is 9.05. The van der Waals surface area contributed by atoms with Crippen molar-refractivity contribution in [3.8, 4) is 0 Å². The van der Waals surface area contributed by atoms with Crippen molar-refractivity contribution >= 4 is 20.0 Å². The summed E-state index contributed by atoms with van der Waals surface area (Å²) in [5, 5.41) is 0.526. The van der Waals surface area contributed by atoms with E-state index in [1.54, 1.807) is 13.8 Å². The maximum Gasteiger partial charge on any atom is 0.233 e. The van der Waals surface area contributed by atoms with E-state index in [9.17, 15) is 16.8 Å². The van der Waals surface area contributed by atoms with E-state index in [0.29, 0.717) is 37.3 Å². The molecule has 1 unspecified atom stereocenters. The Morgan fingerprint density at radius 1 is 1.00 bits per heavy atom. The molecule has 0 bridgehead atoms. The third kappa shape index (κ3) is 7.48. The van der Waals surface area contributed by atoms with Gasteiger partial charge in [0.1, 0.15) is 0 Å². The zero-order valence-corrected chi connectivity index (χ0v) is 19.9. The molecule has 0 radical (unpaired) electrons. The van der Waals surface area contributed by atoms with Crippen molar-refractivity contribution in [1.82, 2.24) is 9.44 Å². The Balaban J connectivity index is 1.80. The molecular formula is C22H36N2O4S2. The summed E-state index contributed by atoms with van der Waals surface area (Å²) in [7, 11) is -6.57. The number of benzene rings is 1. The number of nitrogens with one attached hydrogen (secondary N) is 2. The molecule has 0 aliphatic heterocycles. The van der Waals surface area contributed by atoms with E-state index in [4.69, 9.17) is 0 Å². The molecule has 1 aliphatic rings. The number of rotatable bonds is 11. The Hall–Kier alpha value is -1.22. The number of hydrogen-bond acceptors (Lipinski definition) is 4. The summed E-state index contributed by atoms with van der Waals surface area (Å²) in [6, 6.07) is 8.46. The van der Waals surface area contributed by atoms with Crippen molar-refractivity contribution in [2.75, 3.05) is 13.1 Å². The van der Waals surface area contributed by atoms with Crippen LogP contribution in [0.25, 0.3) is 0 Å². The molecule has 30 heavy (non-hydrogen) atoms. The maximum atomic E-state index is 12.0. The molecule has 1 saturated carbocycles. The highest BCUT2D eigenvalue weighted by molar-refractivity contribution is 7.92. The van der Waals surface area contributed by atoms with Crippen LogP contribution in [0, 0.1) is 11.8 Å². The molecule has 0 amide bonds. The Bertz CT molecular complexity index is 886. The summed E-state index contributed by atoms with van der Waals surface area (Å²) in [6.07, 6.45) is 5.10. The molecule has 6 nitrogen and oxygen atoms in total. The standard InChI is InChI=1S/C22H36N2O4S2/c1-5-29(25,26)23-15-14-19-6-8-21(9-7-19)22-12-10-20(11-13-22)18(4)16-24-30(27,28)17(2)3/h5-9,17-18,20,22-24H,1,10-16H2,2-4H3. The highest BCUT2D eigenvalue weighted by Gasteiger charge is 2.27. The zero-order valence-electron chi connectivity index (χ0n) is 18.3. The molecule has 0 saturated heterocycles. The second-order valence-electron chi connectivity index (χ2n) is 8.63. The average Bonchev–Trinajstić information content (AvgIpc) is 2.72. The van der Waals surface area contributed by atoms with Gasteiger partial charge in [-0.1, -0.05) is 37.8 Å². The van der Waals surface area contributed by atoms with Gasteiger partial charge in [-0.2, -0.15) is 0 Å². The second kappa shape index (κ2) is 10.9. The van der Waals surface area contributed by atoms with Crippen molar-refractivity contribution in [2.24, 2.45) is 11.8 Å². The second-order valence-corrected chi connectivity index (χ2v) is 12.7. The number of hydrogen-bond donors (Lipinski definition) is 2. The van der Waals surface area contributed by atoms with E-state index >= 15 is 0 Å². The highest BCUT2D eigenvalue weighted by atomic mass is 32.2. The minimum absolute atomic E-state index is 0.334. The maximum absolute atomic E-state index is 12.0. The van der Waals surface area contributed by atoms with Gasteiger partial charge < -0.3 is 0 Å². The first-order valence-corrected chi connectivity index (χ1v) is 13.8. The Morgan fingerprint density at radius 3 is 2.13 bits per heavy atom. The van der Waals surface area contributed by atoms with Gasteiger partial charge in [0.2, 0.25) is 20.0 Å². The van der Waals surface area contributed by atoms with Gasteiger partial charge in [0.05, 0.1) is 5.25 Å². The fraction of sp³-hybridized carbons (Fsp3) is 0.636. The van der Waals surface area contributed by atoms with Crippen LogP contribution in [0.2, 0.25) is 0 Å². The van der Waals surface area contributed by atoms with Crippen LogP contribution in [0.3, 0.4) is 0 Å². The first-order chi connectivity index (χ1) is 14.0. The first-order valence-electron chi connectivity index (χ1n) is 10.7. The predicted octanol–water partition coefficient (Wildman–Crippen LogP) is 3.53. The van der Waals surface area contributed by atoms with E-state index in [-0.39, 0.29) is 0 Å². The molecule has 0 aromatic heterocycles. The van der Waals surface area contributed by atoms with Gasteiger partial charge in [0.15, 0.2) is 0 Å². The fourth-order valence-corrected chi connectivity index (χ4v) is 5.29. The Kier molecular flexibility index (Phi) is 9.09. The van der Waals surface area contributed by atoms with Crippen LogP contribution in [0.15, 0.2) is 36.3 Å². The lowest BCUT2D eigenvalue weighted by Gasteiger charge is -2.32. The van der Waals surface area contributed by atoms with Gasteiger partial charge in [-0.3, -0.25) is 0 Å². The van der Waals surface area contributed by atoms with Crippen molar-refractivity contribution < 1.29 is 16.8 Å². The molecule has 1 aromatic rings. The lowest BCUT2D eigenvalue weighted by Crippen LogP contribution is -2.36. The smallest absolute Gasteiger partial charge is 0.215 e. The van der Waals surface area contributed by atoms with E-state index in [0.717, 1.165) is 36.7 Å². The van der Waals surface area contributed by atoms with Gasteiger partial charge in [0, 0.05) is 18.5 Å². The van der Waals surface area contributed by atoms with Crippen molar-refractivity contribution in [2.45, 2.75) is 64.0 Å². The SMILES string of the molecule is C=CS(=O)(=O)NCCc1ccc(C2CCC(C(C)CNS(=O)(=O)C(C)C)CC2)cc1. The number of sulfonamides is 2. The summed E-state index contributed by atoms with van der Waals surface area (Å²) < 4.78 is 51.9. The molecule has 170 valence electrons. The largest absolute Gasteiger partial charge is 0.233 e. The van der Waals surface area contributed by atoms with Crippen molar-refractivity contribution in [3.63, 3.8) is 0 Å². The summed E-state index contributed by atoms with van der Waals surface area (Å²) in [5.74, 6) is 1.42. The van der Waals surface area contributed by atoms with Crippen molar-refractivity contribution in [3.05, 3.63) is 47.4 Å². The van der Waals surface area contributed by atoms with Gasteiger partial charge in [0.25, 0.3) is 0 Å². The van der Waals surface area contributed by atoms with E-state index in [1.807, 2.05) is 0 Å². The van der Waals surface area contributed by atoms with Gasteiger partial charge >= 0.3 is 0 Å². The highest BCUT2D eigenvalue weighted by Crippen LogP contribution is 2.38. The molecule has 2 rings (SSSR count). The monoisotopic (exact) mass is 456 g/mol. The average molecular weight is 457 g/mol. The minimum Gasteiger partial charge on any atom is -0.215 e.